The first kappa shape index (κ1) is 5.68. The van der Waals surface area contributed by atoms with E-state index in [0.29, 0.717) is 0 Å². The van der Waals surface area contributed by atoms with Crippen molar-refractivity contribution in [1.82, 2.24) is 4.90 Å². The summed E-state index contributed by atoms with van der Waals surface area (Å²) < 4.78 is 0. The quantitative estimate of drug-likeness (QED) is 0.464. The topological polar surface area (TPSA) is 20.3 Å². The van der Waals surface area contributed by atoms with Crippen molar-refractivity contribution < 1.29 is 4.79 Å². The minimum absolute atomic E-state index is 0.0561. The van der Waals surface area contributed by atoms with E-state index in [1.807, 2.05) is 18.2 Å². The molecule has 3 heteroatoms. The lowest BCUT2D eigenvalue weighted by atomic mass is 10.3. The van der Waals surface area contributed by atoms with E-state index in [1.54, 1.807) is 16.5 Å². The predicted octanol–water partition coefficient (Wildman–Crippen LogP) is 0.577. The largest absolute Gasteiger partial charge is 0.274 e. The van der Waals surface area contributed by atoms with Crippen LogP contribution in [0.4, 0.5) is 0 Å². The number of allylic oxidation sites excluding steroid dienone is 2. The molecule has 2 heterocycles. The fourth-order valence-electron chi connectivity index (χ4n) is 0.873. The van der Waals surface area contributed by atoms with Crippen molar-refractivity contribution in [3.05, 3.63) is 24.4 Å². The van der Waals surface area contributed by atoms with Gasteiger partial charge in [-0.25, -0.2) is 0 Å². The summed E-state index contributed by atoms with van der Waals surface area (Å²) in [6.45, 7) is 0. The van der Waals surface area contributed by atoms with Crippen LogP contribution in [0, 0.1) is 0 Å². The molecule has 0 unspecified atom stereocenters. The van der Waals surface area contributed by atoms with E-state index in [4.69, 9.17) is 0 Å². The van der Waals surface area contributed by atoms with Gasteiger partial charge in [0.05, 0.1) is 5.37 Å². The summed E-state index contributed by atoms with van der Waals surface area (Å²) in [6, 6.07) is 0. The van der Waals surface area contributed by atoms with Gasteiger partial charge >= 0.3 is 0 Å². The highest BCUT2D eigenvalue weighted by atomic mass is 32.1. The van der Waals surface area contributed by atoms with Crippen LogP contribution in [-0.2, 0) is 4.79 Å². The fourth-order valence-corrected chi connectivity index (χ4v) is 1.63. The zero-order chi connectivity index (χ0) is 6.97. The van der Waals surface area contributed by atoms with Crippen molar-refractivity contribution in [3.8, 4) is 0 Å². The van der Waals surface area contributed by atoms with Crippen molar-refractivity contribution >= 4 is 27.2 Å². The second-order valence-corrected chi connectivity index (χ2v) is 2.87. The Morgan fingerprint density at radius 2 is 2.30 bits per heavy atom. The number of fused-ring (bicyclic) bond motifs is 1. The molecule has 0 radical (unpaired) electrons. The fraction of sp³-hybridized carbons (Fsp3) is 0. The Morgan fingerprint density at radius 1 is 1.40 bits per heavy atom. The Morgan fingerprint density at radius 3 is 3.10 bits per heavy atom. The van der Waals surface area contributed by atoms with E-state index in [-0.39, 0.29) is 5.91 Å². The van der Waals surface area contributed by atoms with E-state index in [2.05, 4.69) is 0 Å². The summed E-state index contributed by atoms with van der Waals surface area (Å²) in [6.07, 6.45) is 7.46. The SMILES string of the molecule is O=C1C=S=C2C=CC=CN12. The summed E-state index contributed by atoms with van der Waals surface area (Å²) in [5.74, 6) is 0.0561. The molecule has 0 aromatic carbocycles. The molecule has 0 saturated carbocycles. The molecule has 0 N–H and O–H groups in total. The van der Waals surface area contributed by atoms with Crippen LogP contribution < -0.4 is 0 Å². The number of rotatable bonds is 0. The number of hydrogen-bond acceptors (Lipinski definition) is 1. The van der Waals surface area contributed by atoms with Gasteiger partial charge in [-0.3, -0.25) is 9.69 Å². The van der Waals surface area contributed by atoms with E-state index in [0.717, 1.165) is 4.99 Å². The molecule has 2 aliphatic rings. The molecule has 0 aromatic heterocycles. The monoisotopic (exact) mass is 151 g/mol. The van der Waals surface area contributed by atoms with E-state index >= 15 is 0 Å². The first-order chi connectivity index (χ1) is 4.88. The third-order valence-corrected chi connectivity index (χ3v) is 2.23. The zero-order valence-corrected chi connectivity index (χ0v) is 5.97. The average Bonchev–Trinajstić information content (AvgIpc) is 2.34. The van der Waals surface area contributed by atoms with E-state index in [1.165, 1.54) is 10.9 Å². The number of amides is 1. The number of hydrogen-bond donors (Lipinski definition) is 0. The van der Waals surface area contributed by atoms with Crippen molar-refractivity contribution in [2.45, 2.75) is 0 Å². The molecule has 0 aromatic rings. The van der Waals surface area contributed by atoms with Gasteiger partial charge in [-0.2, -0.15) is 0 Å². The first-order valence-electron chi connectivity index (χ1n) is 2.93. The molecule has 0 bridgehead atoms. The van der Waals surface area contributed by atoms with Crippen molar-refractivity contribution in [1.29, 1.82) is 0 Å². The van der Waals surface area contributed by atoms with Gasteiger partial charge in [0.25, 0.3) is 5.91 Å². The molecule has 0 atom stereocenters. The lowest BCUT2D eigenvalue weighted by Gasteiger charge is -2.13. The molecular weight excluding hydrogens is 146 g/mol. The molecule has 50 valence electrons. The lowest BCUT2D eigenvalue weighted by Crippen LogP contribution is -2.27. The van der Waals surface area contributed by atoms with Gasteiger partial charge in [-0.1, -0.05) is 6.08 Å². The van der Waals surface area contributed by atoms with Gasteiger partial charge in [0.1, 0.15) is 4.99 Å². The minimum atomic E-state index is 0.0561. The minimum Gasteiger partial charge on any atom is -0.274 e. The van der Waals surface area contributed by atoms with E-state index < -0.39 is 0 Å². The third-order valence-electron chi connectivity index (χ3n) is 1.34. The predicted molar refractivity (Wildman–Crippen MR) is 43.8 cm³/mol. The van der Waals surface area contributed by atoms with Gasteiger partial charge in [-0.15, -0.1) is 10.9 Å². The van der Waals surface area contributed by atoms with Gasteiger partial charge in [0, 0.05) is 6.20 Å². The second kappa shape index (κ2) is 1.95. The van der Waals surface area contributed by atoms with Crippen molar-refractivity contribution in [2.75, 3.05) is 0 Å². The van der Waals surface area contributed by atoms with Gasteiger partial charge in [-0.05, 0) is 12.2 Å². The molecule has 10 heavy (non-hydrogen) atoms. The summed E-state index contributed by atoms with van der Waals surface area (Å²) in [4.78, 5) is 13.6. The van der Waals surface area contributed by atoms with Crippen LogP contribution in [0.3, 0.4) is 0 Å². The second-order valence-electron chi connectivity index (χ2n) is 1.98. The van der Waals surface area contributed by atoms with Crippen LogP contribution >= 0.6 is 10.9 Å². The van der Waals surface area contributed by atoms with Crippen molar-refractivity contribution in [3.63, 3.8) is 0 Å². The first-order valence-corrected chi connectivity index (χ1v) is 3.81. The van der Waals surface area contributed by atoms with Crippen LogP contribution in [-0.4, -0.2) is 21.2 Å². The highest BCUT2D eigenvalue weighted by molar-refractivity contribution is 7.99. The summed E-state index contributed by atoms with van der Waals surface area (Å²) in [5, 5.41) is 1.61. The molecule has 1 amide bonds. The maximum Gasteiger partial charge on any atom is 0.265 e. The maximum atomic E-state index is 11.0. The molecule has 0 fully saturated rings. The molecule has 2 aliphatic heterocycles. The number of carbonyl (C=O) groups excluding carboxylic acids is 1. The molecular formula is C7H5NOS. The Labute approximate surface area is 62.0 Å². The van der Waals surface area contributed by atoms with Gasteiger partial charge < -0.3 is 0 Å². The third kappa shape index (κ3) is 0.675. The summed E-state index contributed by atoms with van der Waals surface area (Å²) >= 11 is 0. The molecule has 2 nitrogen and oxygen atoms in total. The Bertz CT molecular complexity index is 308. The molecule has 0 spiro atoms. The summed E-state index contributed by atoms with van der Waals surface area (Å²) in [7, 11) is 1.46. The van der Waals surface area contributed by atoms with Crippen molar-refractivity contribution in [2.24, 2.45) is 0 Å². The number of carbonyl (C=O) groups is 1. The molecule has 0 aliphatic carbocycles. The van der Waals surface area contributed by atoms with Crippen LogP contribution in [0.1, 0.15) is 0 Å². The maximum absolute atomic E-state index is 11.0. The number of nitrogens with zero attached hydrogens (tertiary/aromatic N) is 1. The molecule has 0 saturated heterocycles. The van der Waals surface area contributed by atoms with Gasteiger partial charge in [0.2, 0.25) is 0 Å². The van der Waals surface area contributed by atoms with Crippen LogP contribution in [0.25, 0.3) is 0 Å². The smallest absolute Gasteiger partial charge is 0.265 e. The normalized spacial score (nSPS) is 20.6. The lowest BCUT2D eigenvalue weighted by molar-refractivity contribution is -0.118. The highest BCUT2D eigenvalue weighted by Crippen LogP contribution is 2.07. The standard InChI is InChI=1S/C7H5NOS/c9-6-5-10-7-3-1-2-4-8(6)7/h1-5H. The Kier molecular flexibility index (Phi) is 1.11. The van der Waals surface area contributed by atoms with E-state index in [9.17, 15) is 4.79 Å². The zero-order valence-electron chi connectivity index (χ0n) is 5.15. The Hall–Kier alpha value is -1.09. The molecule has 2 rings (SSSR count). The Balaban J connectivity index is 2.47. The van der Waals surface area contributed by atoms with Crippen LogP contribution in [0.5, 0.6) is 0 Å². The average molecular weight is 151 g/mol. The van der Waals surface area contributed by atoms with Gasteiger partial charge in [0.15, 0.2) is 0 Å². The summed E-state index contributed by atoms with van der Waals surface area (Å²) in [5.41, 5.74) is 0. The highest BCUT2D eigenvalue weighted by Gasteiger charge is 2.16. The van der Waals surface area contributed by atoms with Crippen LogP contribution in [0.15, 0.2) is 24.4 Å². The van der Waals surface area contributed by atoms with Crippen LogP contribution in [0.2, 0.25) is 0 Å².